The number of ether oxygens (including phenoxy) is 2. The van der Waals surface area contributed by atoms with Crippen LogP contribution in [0.25, 0.3) is 33.2 Å². The summed E-state index contributed by atoms with van der Waals surface area (Å²) in [5.74, 6) is 1.22. The number of benzene rings is 2. The molecule has 13 heteroatoms. The fraction of sp³-hybridized carbons (Fsp3) is 0.214. The van der Waals surface area contributed by atoms with Crippen molar-refractivity contribution < 1.29 is 136 Å². The van der Waals surface area contributed by atoms with E-state index in [-0.39, 0.29) is 114 Å². The molecule has 0 aliphatic heterocycles. The molecule has 0 aliphatic carbocycles. The van der Waals surface area contributed by atoms with E-state index in [4.69, 9.17) is 24.5 Å². The van der Waals surface area contributed by atoms with Crippen molar-refractivity contribution in [1.82, 2.24) is 13.5 Å². The van der Waals surface area contributed by atoms with Crippen molar-refractivity contribution in [3.63, 3.8) is 0 Å². The monoisotopic (exact) mass is 627 g/mol. The molecule has 10 nitrogen and oxygen atoms in total. The van der Waals surface area contributed by atoms with Crippen molar-refractivity contribution in [2.24, 2.45) is 7.05 Å². The van der Waals surface area contributed by atoms with E-state index in [1.54, 1.807) is 43.6 Å². The summed E-state index contributed by atoms with van der Waals surface area (Å²) in [6.45, 7) is 5.85. The van der Waals surface area contributed by atoms with Gasteiger partial charge < -0.3 is 29.0 Å². The van der Waals surface area contributed by atoms with Crippen molar-refractivity contribution in [1.29, 1.82) is 0 Å². The average molecular weight is 628 g/mol. The van der Waals surface area contributed by atoms with Gasteiger partial charge in [-0.25, -0.2) is 17.4 Å². The van der Waals surface area contributed by atoms with Crippen LogP contribution in [0.3, 0.4) is 0 Å². The van der Waals surface area contributed by atoms with Gasteiger partial charge in [0.1, 0.15) is 0 Å². The third-order valence-electron chi connectivity index (χ3n) is 5.99. The zero-order valence-electron chi connectivity index (χ0n) is 24.0. The Morgan fingerprint density at radius 2 is 1.63 bits per heavy atom. The third-order valence-corrected chi connectivity index (χ3v) is 7.71. The van der Waals surface area contributed by atoms with E-state index in [0.29, 0.717) is 22.8 Å². The van der Waals surface area contributed by atoms with E-state index in [0.717, 1.165) is 27.4 Å². The Bertz CT molecular complexity index is 1780. The number of carboxylic acid groups (broad SMARTS) is 2. The summed E-state index contributed by atoms with van der Waals surface area (Å²) in [5.41, 5.74) is 3.55. The molecular weight excluding hydrogens is 601 g/mol. The van der Waals surface area contributed by atoms with Crippen LogP contribution >= 0.6 is 0 Å². The molecule has 0 N–H and O–H groups in total. The van der Waals surface area contributed by atoms with E-state index in [2.05, 4.69) is 4.98 Å². The average Bonchev–Trinajstić information content (AvgIpc) is 3.41. The molecule has 0 aliphatic rings. The molecule has 0 spiro atoms. The Balaban J connectivity index is 0.000000921. The number of hydrogen-bond donors (Lipinski definition) is 0. The molecule has 0 atom stereocenters. The van der Waals surface area contributed by atoms with Gasteiger partial charge in [-0.05, 0) is 63.3 Å². The summed E-state index contributed by atoms with van der Waals surface area (Å²) in [6.07, 6.45) is 1.18. The number of pyridine rings is 1. The fourth-order valence-electron chi connectivity index (χ4n) is 4.36. The molecular formula is C28H27K2N3O7S. The topological polar surface area (TPSA) is 139 Å². The van der Waals surface area contributed by atoms with Gasteiger partial charge in [-0.2, -0.15) is 0 Å². The SMILES string of the molecule is COc1cc2c(-c3cc4cccnc4n3S(=O)(=O)c3ccc(C)cc3)cn(C)c2cc1OC(C)C.O=C([O-])[O-].[K+].[K+]. The van der Waals surface area contributed by atoms with E-state index in [1.165, 1.54) is 3.97 Å². The van der Waals surface area contributed by atoms with Crippen molar-refractivity contribution >= 4 is 38.1 Å². The smallest absolute Gasteiger partial charge is 0.652 e. The van der Waals surface area contributed by atoms with Gasteiger partial charge in [-0.1, -0.05) is 17.7 Å². The molecule has 0 saturated carbocycles. The number of carbonyl (C=O) groups is 1. The first-order valence-electron chi connectivity index (χ1n) is 11.9. The summed E-state index contributed by atoms with van der Waals surface area (Å²) in [5, 5.41) is 18.3. The van der Waals surface area contributed by atoms with Gasteiger partial charge in [-0.15, -0.1) is 0 Å². The predicted molar refractivity (Wildman–Crippen MR) is 143 cm³/mol. The van der Waals surface area contributed by atoms with Gasteiger partial charge in [0.15, 0.2) is 17.1 Å². The Kier molecular flexibility index (Phi) is 13.1. The predicted octanol–water partition coefficient (Wildman–Crippen LogP) is -2.90. The van der Waals surface area contributed by atoms with Crippen LogP contribution in [0.5, 0.6) is 11.5 Å². The maximum atomic E-state index is 13.9. The Labute approximate surface area is 323 Å². The van der Waals surface area contributed by atoms with Crippen molar-refractivity contribution in [3.05, 3.63) is 72.6 Å². The zero-order valence-corrected chi connectivity index (χ0v) is 31.1. The van der Waals surface area contributed by atoms with Crippen LogP contribution in [0.15, 0.2) is 71.9 Å². The number of fused-ring (bicyclic) bond motifs is 2. The Morgan fingerprint density at radius 1 is 1.00 bits per heavy atom. The second-order valence-electron chi connectivity index (χ2n) is 9.12. The van der Waals surface area contributed by atoms with Gasteiger partial charge >= 0.3 is 103 Å². The van der Waals surface area contributed by atoms with Crippen LogP contribution in [0.1, 0.15) is 19.4 Å². The largest absolute Gasteiger partial charge is 1.00 e. The minimum absolute atomic E-state index is 0. The minimum atomic E-state index is -3.93. The van der Waals surface area contributed by atoms with Gasteiger partial charge in [0, 0.05) is 41.8 Å². The van der Waals surface area contributed by atoms with Crippen LogP contribution < -0.4 is 122 Å². The summed E-state index contributed by atoms with van der Waals surface area (Å²) in [6, 6.07) is 16.2. The molecule has 5 rings (SSSR count). The molecule has 3 heterocycles. The normalized spacial score (nSPS) is 10.9. The maximum absolute atomic E-state index is 13.9. The van der Waals surface area contributed by atoms with E-state index in [1.807, 2.05) is 62.8 Å². The number of methoxy groups -OCH3 is 1. The molecule has 0 amide bonds. The van der Waals surface area contributed by atoms with Gasteiger partial charge in [0.05, 0.1) is 29.3 Å². The second kappa shape index (κ2) is 15.0. The fourth-order valence-corrected chi connectivity index (χ4v) is 5.84. The van der Waals surface area contributed by atoms with Gasteiger partial charge in [-0.3, -0.25) is 0 Å². The first-order chi connectivity index (χ1) is 18.4. The summed E-state index contributed by atoms with van der Waals surface area (Å²) >= 11 is 0. The second-order valence-corrected chi connectivity index (χ2v) is 10.9. The minimum Gasteiger partial charge on any atom is -0.652 e. The van der Waals surface area contributed by atoms with Gasteiger partial charge in [0.25, 0.3) is 10.0 Å². The number of rotatable bonds is 6. The van der Waals surface area contributed by atoms with E-state index >= 15 is 0 Å². The van der Waals surface area contributed by atoms with Crippen molar-refractivity contribution in [2.45, 2.75) is 31.8 Å². The molecule has 5 aromatic rings. The Morgan fingerprint density at radius 3 is 2.22 bits per heavy atom. The molecule has 0 saturated heterocycles. The molecule has 0 radical (unpaired) electrons. The van der Waals surface area contributed by atoms with Crippen LogP contribution in [-0.4, -0.2) is 41.3 Å². The third kappa shape index (κ3) is 7.84. The molecule has 204 valence electrons. The summed E-state index contributed by atoms with van der Waals surface area (Å²) < 4.78 is 42.7. The summed E-state index contributed by atoms with van der Waals surface area (Å²) in [7, 11) is -0.403. The quantitative estimate of drug-likeness (QED) is 0.183. The van der Waals surface area contributed by atoms with Gasteiger partial charge in [0.2, 0.25) is 0 Å². The molecule has 3 aromatic heterocycles. The number of aryl methyl sites for hydroxylation is 2. The van der Waals surface area contributed by atoms with Crippen LogP contribution in [-0.2, 0) is 17.1 Å². The van der Waals surface area contributed by atoms with Crippen molar-refractivity contribution in [3.8, 4) is 22.8 Å². The number of hydrogen-bond acceptors (Lipinski definition) is 8. The van der Waals surface area contributed by atoms with E-state index in [9.17, 15) is 8.42 Å². The molecule has 0 bridgehead atoms. The first kappa shape index (κ1) is 36.0. The molecule has 2 aromatic carbocycles. The first-order valence-corrected chi connectivity index (χ1v) is 13.4. The molecule has 41 heavy (non-hydrogen) atoms. The number of carbonyl (C=O) groups excluding carboxylic acids is 1. The number of aromatic nitrogens is 3. The number of nitrogens with zero attached hydrogens (tertiary/aromatic N) is 3. The van der Waals surface area contributed by atoms with Crippen LogP contribution in [0.2, 0.25) is 0 Å². The van der Waals surface area contributed by atoms with E-state index < -0.39 is 16.2 Å². The maximum Gasteiger partial charge on any atom is 1.00 e. The zero-order chi connectivity index (χ0) is 28.5. The van der Waals surface area contributed by atoms with Crippen molar-refractivity contribution in [2.75, 3.05) is 7.11 Å². The Hall–Kier alpha value is -1.24. The van der Waals surface area contributed by atoms with Crippen LogP contribution in [0.4, 0.5) is 4.79 Å². The summed E-state index contributed by atoms with van der Waals surface area (Å²) in [4.78, 5) is 13.0. The molecule has 0 unspecified atom stereocenters. The standard InChI is InChI=1S/C27H27N3O4S.CH2O3.2K/c1-17(2)34-26-15-23-21(14-25(26)33-5)22(16-29(23)4)24-13-19-7-6-12-28-27(19)30(24)35(31,32)20-10-8-18(3)9-11-20;2-1(3)4;;/h6-17H,1-5H3;(H2,2,3,4);;/q;;2*+1/p-2. The van der Waals surface area contributed by atoms with Crippen LogP contribution in [0, 0.1) is 6.92 Å². The molecule has 0 fully saturated rings.